The second-order valence-electron chi connectivity index (χ2n) is 5.54. The van der Waals surface area contributed by atoms with Crippen LogP contribution >= 0.6 is 0 Å². The number of para-hydroxylation sites is 2. The Kier molecular flexibility index (Phi) is 4.34. The monoisotopic (exact) mass is 330 g/mol. The molecule has 1 saturated heterocycles. The highest BCUT2D eigenvalue weighted by Gasteiger charge is 2.32. The molecule has 1 aliphatic rings. The molecule has 0 saturated carbocycles. The first-order chi connectivity index (χ1) is 11.1. The zero-order valence-electron chi connectivity index (χ0n) is 12.5. The van der Waals surface area contributed by atoms with Crippen molar-refractivity contribution in [3.63, 3.8) is 0 Å². The molecule has 1 unspecified atom stereocenters. The number of anilines is 1. The smallest absolute Gasteiger partial charge is 0.152 e. The number of nitrogens with zero attached hydrogens (tertiary/aromatic N) is 2. The Morgan fingerprint density at radius 1 is 1.09 bits per heavy atom. The Morgan fingerprint density at radius 3 is 2.43 bits per heavy atom. The van der Waals surface area contributed by atoms with Gasteiger partial charge in [-0.2, -0.15) is 5.10 Å². The van der Waals surface area contributed by atoms with Crippen LogP contribution in [0.1, 0.15) is 12.0 Å². The molecule has 1 fully saturated rings. The Morgan fingerprint density at radius 2 is 1.78 bits per heavy atom. The van der Waals surface area contributed by atoms with Gasteiger partial charge in [0.15, 0.2) is 9.84 Å². The molecule has 120 valence electrons. The lowest BCUT2D eigenvalue weighted by atomic mass is 10.2. The summed E-state index contributed by atoms with van der Waals surface area (Å²) in [5, 5.41) is 16.0. The van der Waals surface area contributed by atoms with Gasteiger partial charge in [0.1, 0.15) is 5.75 Å². The van der Waals surface area contributed by atoms with Gasteiger partial charge in [-0.25, -0.2) is 8.42 Å². The Balaban J connectivity index is 1.92. The summed E-state index contributed by atoms with van der Waals surface area (Å²) in [6.45, 7) is 0. The standard InChI is InChI=1S/C17H18N2O3S/c20-17-9-5-4-6-14(17)12-18-19(15-7-2-1-3-8-15)16-10-11-23(21,22)13-16/h1-9,12,16,20H,10-11,13H2. The van der Waals surface area contributed by atoms with Crippen molar-refractivity contribution < 1.29 is 13.5 Å². The van der Waals surface area contributed by atoms with Gasteiger partial charge in [0.2, 0.25) is 0 Å². The fraction of sp³-hybridized carbons (Fsp3) is 0.235. The van der Waals surface area contributed by atoms with Crippen molar-refractivity contribution in [1.82, 2.24) is 0 Å². The van der Waals surface area contributed by atoms with Crippen LogP contribution in [0.2, 0.25) is 0 Å². The maximum Gasteiger partial charge on any atom is 0.152 e. The van der Waals surface area contributed by atoms with Crippen LogP contribution in [0.4, 0.5) is 5.69 Å². The van der Waals surface area contributed by atoms with Crippen molar-refractivity contribution in [2.45, 2.75) is 12.5 Å². The minimum Gasteiger partial charge on any atom is -0.507 e. The number of phenols is 1. The molecule has 6 heteroatoms. The number of hydrazone groups is 1. The van der Waals surface area contributed by atoms with Gasteiger partial charge in [-0.15, -0.1) is 0 Å². The highest BCUT2D eigenvalue weighted by Crippen LogP contribution is 2.25. The van der Waals surface area contributed by atoms with Gasteiger partial charge in [0.05, 0.1) is 29.4 Å². The van der Waals surface area contributed by atoms with E-state index in [0.29, 0.717) is 12.0 Å². The molecule has 0 spiro atoms. The third-order valence-electron chi connectivity index (χ3n) is 3.83. The van der Waals surface area contributed by atoms with Crippen molar-refractivity contribution in [2.75, 3.05) is 16.5 Å². The van der Waals surface area contributed by atoms with Gasteiger partial charge in [-0.1, -0.05) is 30.3 Å². The molecule has 1 N–H and O–H groups in total. The lowest BCUT2D eigenvalue weighted by Crippen LogP contribution is -2.31. The quantitative estimate of drug-likeness (QED) is 0.690. The fourth-order valence-electron chi connectivity index (χ4n) is 2.64. The first kappa shape index (κ1) is 15.6. The summed E-state index contributed by atoms with van der Waals surface area (Å²) in [5.74, 6) is 0.427. The fourth-order valence-corrected chi connectivity index (χ4v) is 4.33. The summed E-state index contributed by atoms with van der Waals surface area (Å²) < 4.78 is 23.6. The van der Waals surface area contributed by atoms with E-state index in [4.69, 9.17) is 0 Å². The van der Waals surface area contributed by atoms with E-state index >= 15 is 0 Å². The Labute approximate surface area is 135 Å². The normalized spacial score (nSPS) is 19.9. The minimum atomic E-state index is -3.00. The van der Waals surface area contributed by atoms with E-state index < -0.39 is 9.84 Å². The van der Waals surface area contributed by atoms with E-state index in [1.807, 2.05) is 36.4 Å². The molecule has 0 aromatic heterocycles. The van der Waals surface area contributed by atoms with Crippen LogP contribution in [-0.2, 0) is 9.84 Å². The van der Waals surface area contributed by atoms with Crippen LogP contribution in [0.15, 0.2) is 59.7 Å². The number of phenolic OH excluding ortho intramolecular Hbond substituents is 1. The summed E-state index contributed by atoms with van der Waals surface area (Å²) in [5.41, 5.74) is 1.43. The second kappa shape index (κ2) is 6.42. The summed E-state index contributed by atoms with van der Waals surface area (Å²) >= 11 is 0. The van der Waals surface area contributed by atoms with Gasteiger partial charge < -0.3 is 5.11 Å². The predicted molar refractivity (Wildman–Crippen MR) is 91.7 cm³/mol. The molecule has 0 aliphatic carbocycles. The van der Waals surface area contributed by atoms with E-state index in [1.165, 1.54) is 0 Å². The number of rotatable bonds is 4. The molecular formula is C17H18N2O3S. The number of sulfone groups is 1. The molecule has 3 rings (SSSR count). The van der Waals surface area contributed by atoms with Gasteiger partial charge in [-0.3, -0.25) is 5.01 Å². The van der Waals surface area contributed by atoms with E-state index in [1.54, 1.807) is 29.4 Å². The third kappa shape index (κ3) is 3.71. The average molecular weight is 330 g/mol. The predicted octanol–water partition coefficient (Wildman–Crippen LogP) is 2.42. The average Bonchev–Trinajstić information content (AvgIpc) is 2.90. The van der Waals surface area contributed by atoms with Crippen molar-refractivity contribution in [2.24, 2.45) is 5.10 Å². The van der Waals surface area contributed by atoms with Crippen LogP contribution in [0.25, 0.3) is 0 Å². The first-order valence-electron chi connectivity index (χ1n) is 7.42. The van der Waals surface area contributed by atoms with Gasteiger partial charge >= 0.3 is 0 Å². The summed E-state index contributed by atoms with van der Waals surface area (Å²) in [4.78, 5) is 0. The molecule has 5 nitrogen and oxygen atoms in total. The van der Waals surface area contributed by atoms with Crippen LogP contribution in [-0.4, -0.2) is 37.3 Å². The highest BCUT2D eigenvalue weighted by molar-refractivity contribution is 7.91. The molecule has 1 aliphatic heterocycles. The SMILES string of the molecule is O=S1(=O)CCC(N(N=Cc2ccccc2O)c2ccccc2)C1. The zero-order valence-corrected chi connectivity index (χ0v) is 13.4. The van der Waals surface area contributed by atoms with Crippen LogP contribution in [0.5, 0.6) is 5.75 Å². The molecule has 1 atom stereocenters. The molecule has 0 bridgehead atoms. The minimum absolute atomic E-state index is 0.0972. The van der Waals surface area contributed by atoms with E-state index in [2.05, 4.69) is 5.10 Å². The summed E-state index contributed by atoms with van der Waals surface area (Å²) in [7, 11) is -3.00. The molecule has 0 amide bonds. The lowest BCUT2D eigenvalue weighted by molar-refractivity contribution is 0.474. The molecular weight excluding hydrogens is 312 g/mol. The van der Waals surface area contributed by atoms with Crippen molar-refractivity contribution in [3.05, 3.63) is 60.2 Å². The second-order valence-corrected chi connectivity index (χ2v) is 7.77. The summed E-state index contributed by atoms with van der Waals surface area (Å²) in [6.07, 6.45) is 2.11. The number of hydrogen-bond donors (Lipinski definition) is 1. The maximum atomic E-state index is 11.8. The number of hydrogen-bond acceptors (Lipinski definition) is 5. The third-order valence-corrected chi connectivity index (χ3v) is 5.58. The molecule has 2 aromatic rings. The van der Waals surface area contributed by atoms with Crippen LogP contribution < -0.4 is 5.01 Å². The molecule has 1 heterocycles. The van der Waals surface area contributed by atoms with Crippen molar-refractivity contribution >= 4 is 21.7 Å². The van der Waals surface area contributed by atoms with E-state index in [9.17, 15) is 13.5 Å². The number of benzene rings is 2. The Hall–Kier alpha value is -2.34. The number of aromatic hydroxyl groups is 1. The lowest BCUT2D eigenvalue weighted by Gasteiger charge is -2.25. The van der Waals surface area contributed by atoms with Crippen LogP contribution in [0.3, 0.4) is 0 Å². The largest absolute Gasteiger partial charge is 0.507 e. The summed E-state index contributed by atoms with van der Waals surface area (Å²) in [6, 6.07) is 16.2. The van der Waals surface area contributed by atoms with Gasteiger partial charge in [-0.05, 0) is 30.7 Å². The van der Waals surface area contributed by atoms with Crippen molar-refractivity contribution in [3.8, 4) is 5.75 Å². The van der Waals surface area contributed by atoms with E-state index in [-0.39, 0.29) is 23.3 Å². The van der Waals surface area contributed by atoms with E-state index in [0.717, 1.165) is 5.69 Å². The zero-order chi connectivity index (χ0) is 16.3. The maximum absolute atomic E-state index is 11.8. The highest BCUT2D eigenvalue weighted by atomic mass is 32.2. The molecule has 0 radical (unpaired) electrons. The Bertz CT molecular complexity index is 804. The first-order valence-corrected chi connectivity index (χ1v) is 9.24. The van der Waals surface area contributed by atoms with Crippen LogP contribution in [0, 0.1) is 0 Å². The van der Waals surface area contributed by atoms with Gasteiger partial charge in [0, 0.05) is 5.56 Å². The molecule has 23 heavy (non-hydrogen) atoms. The topological polar surface area (TPSA) is 70.0 Å². The molecule has 2 aromatic carbocycles. The van der Waals surface area contributed by atoms with Crippen molar-refractivity contribution in [1.29, 1.82) is 0 Å². The van der Waals surface area contributed by atoms with Gasteiger partial charge in [0.25, 0.3) is 0 Å².